The number of halogens is 2. The van der Waals surface area contributed by atoms with Crippen molar-refractivity contribution in [1.29, 1.82) is 0 Å². The first-order chi connectivity index (χ1) is 9.90. The van der Waals surface area contributed by atoms with Crippen LogP contribution in [0.4, 0.5) is 4.39 Å². The van der Waals surface area contributed by atoms with Gasteiger partial charge in [0, 0.05) is 17.1 Å². The minimum absolute atomic E-state index is 0.160. The molecule has 0 saturated carbocycles. The second-order valence-electron chi connectivity index (χ2n) is 4.99. The predicted octanol–water partition coefficient (Wildman–Crippen LogP) is 2.56. The maximum Gasteiger partial charge on any atom is 0.242 e. The molecular weight excluding hydrogens is 313 g/mol. The van der Waals surface area contributed by atoms with E-state index in [4.69, 9.17) is 23.8 Å². The Morgan fingerprint density at radius 3 is 2.71 bits per heavy atom. The average molecular weight is 332 g/mol. The molecule has 0 unspecified atom stereocenters. The number of amides is 1. The van der Waals surface area contributed by atoms with Gasteiger partial charge >= 0.3 is 0 Å². The Labute approximate surface area is 134 Å². The standard InChI is InChI=1S/C14H19ClFN3OS/c1-9(2)6-7-17-14(21)19-18-13(20)8-10-11(15)4-3-5-12(10)16/h3-5,9H,6-8H2,1-2H3,(H,18,20)(H2,17,19,21). The van der Waals surface area contributed by atoms with E-state index in [1.165, 1.54) is 12.1 Å². The van der Waals surface area contributed by atoms with Crippen molar-refractivity contribution in [2.75, 3.05) is 6.54 Å². The molecular formula is C14H19ClFN3OS. The van der Waals surface area contributed by atoms with Gasteiger partial charge in [0.05, 0.1) is 6.42 Å². The number of hydrogen-bond acceptors (Lipinski definition) is 2. The van der Waals surface area contributed by atoms with Crippen LogP contribution in [0.2, 0.25) is 5.02 Å². The smallest absolute Gasteiger partial charge is 0.242 e. The molecule has 0 bridgehead atoms. The monoisotopic (exact) mass is 331 g/mol. The molecule has 0 radical (unpaired) electrons. The van der Waals surface area contributed by atoms with E-state index in [-0.39, 0.29) is 17.0 Å². The van der Waals surface area contributed by atoms with Crippen LogP contribution in [0.1, 0.15) is 25.8 Å². The van der Waals surface area contributed by atoms with Gasteiger partial charge in [0.2, 0.25) is 5.91 Å². The Balaban J connectivity index is 2.36. The van der Waals surface area contributed by atoms with Crippen molar-refractivity contribution in [1.82, 2.24) is 16.2 Å². The van der Waals surface area contributed by atoms with Gasteiger partial charge in [-0.05, 0) is 36.7 Å². The number of rotatable bonds is 5. The van der Waals surface area contributed by atoms with Crippen LogP contribution in [-0.4, -0.2) is 17.6 Å². The highest BCUT2D eigenvalue weighted by Crippen LogP contribution is 2.19. The van der Waals surface area contributed by atoms with Crippen molar-refractivity contribution in [3.05, 3.63) is 34.6 Å². The van der Waals surface area contributed by atoms with E-state index in [9.17, 15) is 9.18 Å². The van der Waals surface area contributed by atoms with Gasteiger partial charge in [0.1, 0.15) is 5.82 Å². The van der Waals surface area contributed by atoms with Gasteiger partial charge in [0.15, 0.2) is 5.11 Å². The molecule has 0 aliphatic carbocycles. The van der Waals surface area contributed by atoms with Gasteiger partial charge < -0.3 is 5.32 Å². The minimum atomic E-state index is -0.504. The fraction of sp³-hybridized carbons (Fsp3) is 0.429. The average Bonchev–Trinajstić information content (AvgIpc) is 2.40. The first kappa shape index (κ1) is 17.7. The fourth-order valence-electron chi connectivity index (χ4n) is 1.55. The molecule has 0 aromatic heterocycles. The predicted molar refractivity (Wildman–Crippen MR) is 86.4 cm³/mol. The van der Waals surface area contributed by atoms with Crippen molar-refractivity contribution in [2.24, 2.45) is 5.92 Å². The Hall–Kier alpha value is -1.40. The molecule has 1 aromatic carbocycles. The summed E-state index contributed by atoms with van der Waals surface area (Å²) in [6.45, 7) is 4.94. The second-order valence-corrected chi connectivity index (χ2v) is 5.80. The van der Waals surface area contributed by atoms with Gasteiger partial charge in [-0.15, -0.1) is 0 Å². The summed E-state index contributed by atoms with van der Waals surface area (Å²) in [5.74, 6) is -0.358. The van der Waals surface area contributed by atoms with Crippen LogP contribution in [0.25, 0.3) is 0 Å². The highest BCUT2D eigenvalue weighted by Gasteiger charge is 2.11. The molecule has 1 amide bonds. The van der Waals surface area contributed by atoms with Crippen LogP contribution >= 0.6 is 23.8 Å². The third kappa shape index (κ3) is 6.73. The maximum absolute atomic E-state index is 13.5. The second kappa shape index (κ2) is 8.79. The zero-order valence-electron chi connectivity index (χ0n) is 12.0. The Morgan fingerprint density at radius 2 is 2.10 bits per heavy atom. The Kier molecular flexibility index (Phi) is 7.39. The van der Waals surface area contributed by atoms with E-state index in [0.29, 0.717) is 11.0 Å². The van der Waals surface area contributed by atoms with E-state index in [2.05, 4.69) is 30.0 Å². The molecule has 0 aliphatic heterocycles. The number of thiocarbonyl (C=S) groups is 1. The normalized spacial score (nSPS) is 10.3. The van der Waals surface area contributed by atoms with E-state index in [1.807, 2.05) is 0 Å². The molecule has 7 heteroatoms. The lowest BCUT2D eigenvalue weighted by Gasteiger charge is -2.13. The molecule has 0 atom stereocenters. The quantitative estimate of drug-likeness (QED) is 0.573. The van der Waals surface area contributed by atoms with E-state index < -0.39 is 11.7 Å². The fourth-order valence-corrected chi connectivity index (χ4v) is 1.93. The highest BCUT2D eigenvalue weighted by molar-refractivity contribution is 7.80. The first-order valence-corrected chi connectivity index (χ1v) is 7.44. The van der Waals surface area contributed by atoms with Crippen molar-refractivity contribution in [2.45, 2.75) is 26.7 Å². The number of benzene rings is 1. The molecule has 21 heavy (non-hydrogen) atoms. The van der Waals surface area contributed by atoms with Gasteiger partial charge in [0.25, 0.3) is 0 Å². The maximum atomic E-state index is 13.5. The van der Waals surface area contributed by atoms with Crippen LogP contribution in [0.5, 0.6) is 0 Å². The van der Waals surface area contributed by atoms with Crippen LogP contribution in [0.15, 0.2) is 18.2 Å². The Morgan fingerprint density at radius 1 is 1.38 bits per heavy atom. The molecule has 1 rings (SSSR count). The molecule has 0 heterocycles. The summed E-state index contributed by atoms with van der Waals surface area (Å²) in [5, 5.41) is 3.51. The summed E-state index contributed by atoms with van der Waals surface area (Å²) >= 11 is 10.9. The molecule has 4 nitrogen and oxygen atoms in total. The number of carbonyl (C=O) groups is 1. The SMILES string of the molecule is CC(C)CCNC(=S)NNC(=O)Cc1c(F)cccc1Cl. The van der Waals surface area contributed by atoms with Gasteiger partial charge in [-0.2, -0.15) is 0 Å². The molecule has 3 N–H and O–H groups in total. The summed E-state index contributed by atoms with van der Waals surface area (Å²) < 4.78 is 13.5. The highest BCUT2D eigenvalue weighted by atomic mass is 35.5. The summed E-state index contributed by atoms with van der Waals surface area (Å²) in [6, 6.07) is 4.30. The number of hydrogen-bond donors (Lipinski definition) is 3. The zero-order chi connectivity index (χ0) is 15.8. The lowest BCUT2D eigenvalue weighted by Crippen LogP contribution is -2.47. The number of nitrogens with one attached hydrogen (secondary N) is 3. The lowest BCUT2D eigenvalue weighted by atomic mass is 10.1. The van der Waals surface area contributed by atoms with Crippen LogP contribution in [0.3, 0.4) is 0 Å². The molecule has 0 fully saturated rings. The van der Waals surface area contributed by atoms with Crippen LogP contribution in [0, 0.1) is 11.7 Å². The third-order valence-corrected chi connectivity index (χ3v) is 3.32. The largest absolute Gasteiger partial charge is 0.361 e. The number of carbonyl (C=O) groups excluding carboxylic acids is 1. The zero-order valence-corrected chi connectivity index (χ0v) is 13.6. The van der Waals surface area contributed by atoms with Crippen molar-refractivity contribution in [3.63, 3.8) is 0 Å². The van der Waals surface area contributed by atoms with E-state index in [1.54, 1.807) is 6.07 Å². The van der Waals surface area contributed by atoms with Crippen molar-refractivity contribution in [3.8, 4) is 0 Å². The van der Waals surface area contributed by atoms with Crippen LogP contribution < -0.4 is 16.2 Å². The summed E-state index contributed by atoms with van der Waals surface area (Å²) in [6.07, 6.45) is 0.813. The molecule has 116 valence electrons. The van der Waals surface area contributed by atoms with Gasteiger partial charge in [-0.1, -0.05) is 31.5 Å². The van der Waals surface area contributed by atoms with E-state index >= 15 is 0 Å². The Bertz CT molecular complexity index is 491. The lowest BCUT2D eigenvalue weighted by molar-refractivity contribution is -0.121. The summed E-state index contributed by atoms with van der Waals surface area (Å²) in [5.41, 5.74) is 5.14. The molecule has 0 spiro atoms. The summed E-state index contributed by atoms with van der Waals surface area (Å²) in [7, 11) is 0. The van der Waals surface area contributed by atoms with Crippen molar-refractivity contribution < 1.29 is 9.18 Å². The third-order valence-electron chi connectivity index (χ3n) is 2.72. The molecule has 0 aliphatic rings. The minimum Gasteiger partial charge on any atom is -0.361 e. The van der Waals surface area contributed by atoms with E-state index in [0.717, 1.165) is 13.0 Å². The first-order valence-electron chi connectivity index (χ1n) is 6.65. The van der Waals surface area contributed by atoms with Crippen molar-refractivity contribution >= 4 is 34.8 Å². The molecule has 1 aromatic rings. The topological polar surface area (TPSA) is 53.2 Å². The number of hydrazine groups is 1. The van der Waals surface area contributed by atoms with Crippen LogP contribution in [-0.2, 0) is 11.2 Å². The van der Waals surface area contributed by atoms with Gasteiger partial charge in [-0.25, -0.2) is 4.39 Å². The van der Waals surface area contributed by atoms with Gasteiger partial charge in [-0.3, -0.25) is 15.6 Å². The summed E-state index contributed by atoms with van der Waals surface area (Å²) in [4.78, 5) is 11.7. The molecule has 0 saturated heterocycles.